The highest BCUT2D eigenvalue weighted by Gasteiger charge is 2.34. The van der Waals surface area contributed by atoms with Crippen molar-refractivity contribution in [2.24, 2.45) is 5.92 Å². The van der Waals surface area contributed by atoms with Gasteiger partial charge >= 0.3 is 6.09 Å². The first-order valence-electron chi connectivity index (χ1n) is 9.86. The lowest BCUT2D eigenvalue weighted by molar-refractivity contribution is 0.0381. The molecule has 1 N–H and O–H groups in total. The number of piperidine rings is 1. The third-order valence-electron chi connectivity index (χ3n) is 5.41. The first kappa shape index (κ1) is 22.8. The van der Waals surface area contributed by atoms with Crippen LogP contribution in [0.3, 0.4) is 0 Å². The maximum absolute atomic E-state index is 14.4. The molecule has 0 aliphatic carbocycles. The lowest BCUT2D eigenvalue weighted by Gasteiger charge is -2.39. The molecular weight excluding hydrogens is 427 g/mol. The maximum atomic E-state index is 14.4. The second-order valence-corrected chi connectivity index (χ2v) is 10.0. The van der Waals surface area contributed by atoms with Crippen LogP contribution >= 0.6 is 0 Å². The van der Waals surface area contributed by atoms with E-state index < -0.39 is 27.3 Å². The Bertz CT molecular complexity index is 1140. The fraction of sp³-hybridized carbons (Fsp3) is 0.429. The molecule has 0 bridgehead atoms. The predicted octanol–water partition coefficient (Wildman–Crippen LogP) is 2.93. The number of benzene rings is 1. The van der Waals surface area contributed by atoms with Crippen molar-refractivity contribution >= 4 is 15.9 Å². The van der Waals surface area contributed by atoms with Crippen LogP contribution in [0.25, 0.3) is 5.69 Å². The summed E-state index contributed by atoms with van der Waals surface area (Å²) in [6, 6.07) is 5.94. The van der Waals surface area contributed by atoms with Crippen LogP contribution < -0.4 is 10.3 Å². The van der Waals surface area contributed by atoms with Gasteiger partial charge < -0.3 is 14.7 Å². The molecule has 31 heavy (non-hydrogen) atoms. The van der Waals surface area contributed by atoms with E-state index >= 15 is 0 Å². The number of carboxylic acid groups (broad SMARTS) is 1. The van der Waals surface area contributed by atoms with E-state index in [-0.39, 0.29) is 28.6 Å². The van der Waals surface area contributed by atoms with Crippen molar-refractivity contribution in [1.82, 2.24) is 9.47 Å². The highest BCUT2D eigenvalue weighted by atomic mass is 32.2. The molecule has 1 aliphatic rings. The second kappa shape index (κ2) is 8.70. The molecule has 10 heteroatoms. The number of nitrogens with zero attached hydrogens (tertiary/aromatic N) is 2. The molecule has 0 saturated carbocycles. The molecule has 1 aromatic carbocycles. The average Bonchev–Trinajstić information content (AvgIpc) is 2.67. The molecule has 8 nitrogen and oxygen atoms in total. The van der Waals surface area contributed by atoms with E-state index in [1.54, 1.807) is 0 Å². The molecule has 1 aromatic heterocycles. The van der Waals surface area contributed by atoms with Crippen molar-refractivity contribution in [2.45, 2.75) is 43.7 Å². The Morgan fingerprint density at radius 3 is 2.52 bits per heavy atom. The lowest BCUT2D eigenvalue weighted by atomic mass is 9.91. The number of ether oxygens (including phenoxy) is 1. The van der Waals surface area contributed by atoms with E-state index in [1.807, 2.05) is 13.8 Å². The summed E-state index contributed by atoms with van der Waals surface area (Å²) < 4.78 is 44.6. The van der Waals surface area contributed by atoms with Crippen molar-refractivity contribution in [3.8, 4) is 11.4 Å². The van der Waals surface area contributed by atoms with Crippen molar-refractivity contribution < 1.29 is 27.4 Å². The Morgan fingerprint density at radius 2 is 1.97 bits per heavy atom. The van der Waals surface area contributed by atoms with Gasteiger partial charge in [0.05, 0.1) is 10.6 Å². The summed E-state index contributed by atoms with van der Waals surface area (Å²) in [5, 5.41) is 9.37. The summed E-state index contributed by atoms with van der Waals surface area (Å²) in [5.74, 6) is -0.404. The number of amides is 1. The van der Waals surface area contributed by atoms with Crippen LogP contribution in [0.5, 0.6) is 5.75 Å². The van der Waals surface area contributed by atoms with Crippen LogP contribution in [0, 0.1) is 11.7 Å². The van der Waals surface area contributed by atoms with Gasteiger partial charge in [-0.15, -0.1) is 0 Å². The van der Waals surface area contributed by atoms with E-state index in [0.29, 0.717) is 25.1 Å². The highest BCUT2D eigenvalue weighted by molar-refractivity contribution is 7.90. The van der Waals surface area contributed by atoms with Gasteiger partial charge in [0.15, 0.2) is 9.84 Å². The second-order valence-electron chi connectivity index (χ2n) is 8.01. The zero-order valence-corrected chi connectivity index (χ0v) is 18.3. The molecule has 0 radical (unpaired) electrons. The molecule has 1 fully saturated rings. The van der Waals surface area contributed by atoms with E-state index in [9.17, 15) is 27.5 Å². The number of pyridine rings is 1. The topological polar surface area (TPSA) is 106 Å². The van der Waals surface area contributed by atoms with E-state index in [4.69, 9.17) is 4.74 Å². The Hall–Kier alpha value is -2.88. The van der Waals surface area contributed by atoms with E-state index in [0.717, 1.165) is 16.9 Å². The third kappa shape index (κ3) is 5.07. The zero-order valence-electron chi connectivity index (χ0n) is 17.5. The minimum absolute atomic E-state index is 0.0708. The van der Waals surface area contributed by atoms with Crippen LogP contribution in [0.15, 0.2) is 46.2 Å². The molecule has 2 unspecified atom stereocenters. The number of sulfone groups is 1. The molecule has 1 aliphatic heterocycles. The van der Waals surface area contributed by atoms with Gasteiger partial charge in [-0.2, -0.15) is 0 Å². The molecular formula is C21H25FN2O6S. The van der Waals surface area contributed by atoms with Crippen LogP contribution in [0.1, 0.15) is 26.7 Å². The average molecular weight is 453 g/mol. The molecule has 168 valence electrons. The smallest absolute Gasteiger partial charge is 0.407 e. The largest absolute Gasteiger partial charge is 0.490 e. The number of carbonyl (C=O) groups is 1. The quantitative estimate of drug-likeness (QED) is 0.748. The molecule has 2 aromatic rings. The summed E-state index contributed by atoms with van der Waals surface area (Å²) >= 11 is 0. The molecule has 2 heterocycles. The van der Waals surface area contributed by atoms with Gasteiger partial charge in [-0.1, -0.05) is 13.8 Å². The summed E-state index contributed by atoms with van der Waals surface area (Å²) in [7, 11) is -3.57. The zero-order chi connectivity index (χ0) is 22.9. The summed E-state index contributed by atoms with van der Waals surface area (Å²) in [4.78, 5) is 25.2. The lowest BCUT2D eigenvalue weighted by Crippen LogP contribution is -2.50. The Balaban J connectivity index is 1.79. The van der Waals surface area contributed by atoms with Crippen LogP contribution in [-0.4, -0.2) is 54.0 Å². The monoisotopic (exact) mass is 452 g/mol. The molecule has 3 rings (SSSR count). The number of aromatic nitrogens is 1. The third-order valence-corrected chi connectivity index (χ3v) is 6.52. The van der Waals surface area contributed by atoms with E-state index in [1.165, 1.54) is 35.4 Å². The van der Waals surface area contributed by atoms with Gasteiger partial charge in [-0.25, -0.2) is 17.6 Å². The molecule has 2 atom stereocenters. The molecule has 1 amide bonds. The Morgan fingerprint density at radius 1 is 1.26 bits per heavy atom. The number of hydrogen-bond donors (Lipinski definition) is 1. The summed E-state index contributed by atoms with van der Waals surface area (Å²) in [5.41, 5.74) is -0.606. The Labute approximate surface area is 179 Å². The fourth-order valence-corrected chi connectivity index (χ4v) is 4.41. The SMILES string of the molecule is CC(C)C1CC(Oc2ccn(-c3ccc(S(C)(=O)=O)cc3F)c(=O)c2)CCN1C(=O)O. The van der Waals surface area contributed by atoms with E-state index in [2.05, 4.69) is 0 Å². The normalized spacial score (nSPS) is 19.5. The molecule has 0 spiro atoms. The fourth-order valence-electron chi connectivity index (χ4n) is 3.78. The maximum Gasteiger partial charge on any atom is 0.407 e. The summed E-state index contributed by atoms with van der Waals surface area (Å²) in [6.45, 7) is 4.25. The first-order chi connectivity index (χ1) is 14.5. The van der Waals surface area contributed by atoms with Crippen LogP contribution in [-0.2, 0) is 9.84 Å². The molecule has 1 saturated heterocycles. The van der Waals surface area contributed by atoms with Gasteiger partial charge in [-0.05, 0) is 30.2 Å². The summed E-state index contributed by atoms with van der Waals surface area (Å²) in [6.07, 6.45) is 2.15. The number of rotatable bonds is 5. The van der Waals surface area contributed by atoms with Crippen molar-refractivity contribution in [3.63, 3.8) is 0 Å². The van der Waals surface area contributed by atoms with Crippen molar-refractivity contribution in [1.29, 1.82) is 0 Å². The standard InChI is InChI=1S/C21H25FN2O6S/c1-13(2)19-10-14(7-9-24(19)21(26)27)30-15-6-8-23(20(25)11-15)18-5-4-16(12-17(18)22)31(3,28)29/h4-6,8,11-14,19H,7,9-10H2,1-3H3,(H,26,27). The van der Waals surface area contributed by atoms with Gasteiger partial charge in [0.2, 0.25) is 0 Å². The minimum Gasteiger partial charge on any atom is -0.490 e. The Kier molecular flexibility index (Phi) is 6.40. The van der Waals surface area contributed by atoms with Gasteiger partial charge in [0, 0.05) is 43.9 Å². The van der Waals surface area contributed by atoms with Crippen LogP contribution in [0.2, 0.25) is 0 Å². The predicted molar refractivity (Wildman–Crippen MR) is 112 cm³/mol. The van der Waals surface area contributed by atoms with Gasteiger partial charge in [-0.3, -0.25) is 9.36 Å². The minimum atomic E-state index is -3.57. The van der Waals surface area contributed by atoms with Crippen molar-refractivity contribution in [3.05, 3.63) is 52.7 Å². The van der Waals surface area contributed by atoms with Gasteiger partial charge in [0.25, 0.3) is 5.56 Å². The number of hydrogen-bond acceptors (Lipinski definition) is 5. The highest BCUT2D eigenvalue weighted by Crippen LogP contribution is 2.27. The van der Waals surface area contributed by atoms with Crippen molar-refractivity contribution in [2.75, 3.05) is 12.8 Å². The first-order valence-corrected chi connectivity index (χ1v) is 11.8. The number of likely N-dealkylation sites (tertiary alicyclic amines) is 1. The number of halogens is 1. The van der Waals surface area contributed by atoms with Gasteiger partial charge in [0.1, 0.15) is 17.7 Å². The van der Waals surface area contributed by atoms with Crippen LogP contribution in [0.4, 0.5) is 9.18 Å².